The molecule has 0 unspecified atom stereocenters. The Bertz CT molecular complexity index is 823. The van der Waals surface area contributed by atoms with E-state index in [4.69, 9.17) is 0 Å². The predicted octanol–water partition coefficient (Wildman–Crippen LogP) is 2.77. The number of carbonyl (C=O) groups is 1. The summed E-state index contributed by atoms with van der Waals surface area (Å²) in [6, 6.07) is 8.24. The molecule has 1 saturated heterocycles. The zero-order chi connectivity index (χ0) is 16.4. The number of likely N-dealkylation sites (tertiary alicyclic amines) is 1. The third-order valence-electron chi connectivity index (χ3n) is 4.90. The molecule has 6 heteroatoms. The van der Waals surface area contributed by atoms with E-state index in [0.717, 1.165) is 49.7 Å². The molecule has 1 aromatic carbocycles. The van der Waals surface area contributed by atoms with Crippen molar-refractivity contribution in [2.45, 2.75) is 25.7 Å². The van der Waals surface area contributed by atoms with Crippen molar-refractivity contribution in [3.05, 3.63) is 47.9 Å². The van der Waals surface area contributed by atoms with Crippen molar-refractivity contribution in [3.8, 4) is 0 Å². The maximum absolute atomic E-state index is 12.4. The fourth-order valence-electron chi connectivity index (χ4n) is 3.57. The first kappa shape index (κ1) is 14.9. The molecule has 4 rings (SSSR count). The van der Waals surface area contributed by atoms with Crippen molar-refractivity contribution in [3.63, 3.8) is 0 Å². The second-order valence-corrected chi connectivity index (χ2v) is 6.56. The number of benzene rings is 1. The van der Waals surface area contributed by atoms with Crippen LogP contribution in [0.3, 0.4) is 0 Å². The van der Waals surface area contributed by atoms with Gasteiger partial charge in [0, 0.05) is 24.7 Å². The normalized spacial score (nSPS) is 18.7. The summed E-state index contributed by atoms with van der Waals surface area (Å²) in [4.78, 5) is 14.4. The second-order valence-electron chi connectivity index (χ2n) is 6.56. The van der Waals surface area contributed by atoms with Crippen LogP contribution in [-0.2, 0) is 6.42 Å². The standard InChI is InChI=1S/C18H21N5O/c24-18(17-5-7-19-22-17)23-8-1-2-13(6-9-23)10-14-3-4-16-15(11-14)12-20-21-16/h3-5,7,11-13H,1-2,6,8-10H2,(H,19,22)(H,20,21)/t13-/m0/s1. The Kier molecular flexibility index (Phi) is 4.02. The number of fused-ring (bicyclic) bond motifs is 1. The lowest BCUT2D eigenvalue weighted by molar-refractivity contribution is 0.0754. The molecule has 3 heterocycles. The number of aromatic nitrogens is 4. The molecule has 2 aromatic heterocycles. The first-order chi connectivity index (χ1) is 11.8. The van der Waals surface area contributed by atoms with Gasteiger partial charge < -0.3 is 4.90 Å². The van der Waals surface area contributed by atoms with E-state index in [2.05, 4.69) is 38.6 Å². The smallest absolute Gasteiger partial charge is 0.271 e. The van der Waals surface area contributed by atoms with E-state index in [1.54, 1.807) is 12.3 Å². The molecule has 0 bridgehead atoms. The average Bonchev–Trinajstić information content (AvgIpc) is 3.23. The summed E-state index contributed by atoms with van der Waals surface area (Å²) in [6.45, 7) is 1.64. The SMILES string of the molecule is O=C(c1ccn[nH]1)N1CCC[C@H](Cc2ccc3[nH]ncc3c2)CC1. The maximum Gasteiger partial charge on any atom is 0.271 e. The van der Waals surface area contributed by atoms with Crippen molar-refractivity contribution in [2.24, 2.45) is 5.92 Å². The molecule has 1 aliphatic heterocycles. The number of hydrogen-bond acceptors (Lipinski definition) is 3. The number of carbonyl (C=O) groups excluding carboxylic acids is 1. The predicted molar refractivity (Wildman–Crippen MR) is 91.6 cm³/mol. The van der Waals surface area contributed by atoms with Gasteiger partial charge in [0.2, 0.25) is 0 Å². The van der Waals surface area contributed by atoms with Gasteiger partial charge in [-0.15, -0.1) is 0 Å². The van der Waals surface area contributed by atoms with Crippen LogP contribution in [0.5, 0.6) is 0 Å². The Morgan fingerprint density at radius 2 is 2.12 bits per heavy atom. The van der Waals surface area contributed by atoms with Gasteiger partial charge in [-0.3, -0.25) is 15.0 Å². The molecule has 0 radical (unpaired) electrons. The van der Waals surface area contributed by atoms with Crippen LogP contribution in [0.15, 0.2) is 36.7 Å². The lowest BCUT2D eigenvalue weighted by Gasteiger charge is -2.19. The van der Waals surface area contributed by atoms with Crippen LogP contribution in [0.4, 0.5) is 0 Å². The Hall–Kier alpha value is -2.63. The number of rotatable bonds is 3. The highest BCUT2D eigenvalue weighted by atomic mass is 16.2. The van der Waals surface area contributed by atoms with E-state index >= 15 is 0 Å². The molecule has 6 nitrogen and oxygen atoms in total. The minimum Gasteiger partial charge on any atom is -0.337 e. The molecule has 1 fully saturated rings. The lowest BCUT2D eigenvalue weighted by atomic mass is 9.92. The molecule has 0 aliphatic carbocycles. The van der Waals surface area contributed by atoms with Crippen molar-refractivity contribution < 1.29 is 4.79 Å². The van der Waals surface area contributed by atoms with Crippen LogP contribution in [0.25, 0.3) is 10.9 Å². The molecule has 1 amide bonds. The molecule has 24 heavy (non-hydrogen) atoms. The van der Waals surface area contributed by atoms with E-state index in [1.807, 2.05) is 11.1 Å². The third kappa shape index (κ3) is 3.04. The van der Waals surface area contributed by atoms with E-state index in [-0.39, 0.29) is 5.91 Å². The highest BCUT2D eigenvalue weighted by Gasteiger charge is 2.22. The Morgan fingerprint density at radius 1 is 1.17 bits per heavy atom. The van der Waals surface area contributed by atoms with Gasteiger partial charge in [-0.2, -0.15) is 10.2 Å². The topological polar surface area (TPSA) is 77.7 Å². The van der Waals surface area contributed by atoms with Crippen LogP contribution in [0.2, 0.25) is 0 Å². The van der Waals surface area contributed by atoms with Crippen molar-refractivity contribution in [1.29, 1.82) is 0 Å². The highest BCUT2D eigenvalue weighted by molar-refractivity contribution is 5.92. The van der Waals surface area contributed by atoms with Crippen LogP contribution in [-0.4, -0.2) is 44.3 Å². The lowest BCUT2D eigenvalue weighted by Crippen LogP contribution is -2.32. The van der Waals surface area contributed by atoms with Crippen LogP contribution in [0, 0.1) is 5.92 Å². The summed E-state index contributed by atoms with van der Waals surface area (Å²) in [5.74, 6) is 0.682. The zero-order valence-electron chi connectivity index (χ0n) is 13.5. The van der Waals surface area contributed by atoms with E-state index in [1.165, 1.54) is 5.56 Å². The van der Waals surface area contributed by atoms with Gasteiger partial charge in [0.05, 0.1) is 11.7 Å². The minimum absolute atomic E-state index is 0.0629. The number of H-pyrrole nitrogens is 2. The number of amides is 1. The van der Waals surface area contributed by atoms with E-state index < -0.39 is 0 Å². The summed E-state index contributed by atoms with van der Waals surface area (Å²) < 4.78 is 0. The summed E-state index contributed by atoms with van der Waals surface area (Å²) >= 11 is 0. The van der Waals surface area contributed by atoms with Crippen molar-refractivity contribution in [2.75, 3.05) is 13.1 Å². The van der Waals surface area contributed by atoms with Gasteiger partial charge in [0.1, 0.15) is 5.69 Å². The molecule has 0 spiro atoms. The Balaban J connectivity index is 1.40. The summed E-state index contributed by atoms with van der Waals surface area (Å²) in [6.07, 6.45) is 7.82. The summed E-state index contributed by atoms with van der Waals surface area (Å²) in [5, 5.41) is 14.9. The van der Waals surface area contributed by atoms with Gasteiger partial charge in [-0.1, -0.05) is 6.07 Å². The number of hydrogen-bond donors (Lipinski definition) is 2. The zero-order valence-corrected chi connectivity index (χ0v) is 13.5. The minimum atomic E-state index is 0.0629. The van der Waals surface area contributed by atoms with E-state index in [9.17, 15) is 4.79 Å². The molecule has 3 aromatic rings. The van der Waals surface area contributed by atoms with Crippen molar-refractivity contribution >= 4 is 16.8 Å². The molecule has 0 saturated carbocycles. The largest absolute Gasteiger partial charge is 0.337 e. The summed E-state index contributed by atoms with van der Waals surface area (Å²) in [5.41, 5.74) is 3.01. The quantitative estimate of drug-likeness (QED) is 0.778. The average molecular weight is 323 g/mol. The van der Waals surface area contributed by atoms with Gasteiger partial charge >= 0.3 is 0 Å². The van der Waals surface area contributed by atoms with Crippen LogP contribution >= 0.6 is 0 Å². The number of aromatic amines is 2. The fraction of sp³-hybridized carbons (Fsp3) is 0.389. The number of nitrogens with zero attached hydrogens (tertiary/aromatic N) is 3. The van der Waals surface area contributed by atoms with Crippen molar-refractivity contribution in [1.82, 2.24) is 25.3 Å². The Morgan fingerprint density at radius 3 is 3.00 bits per heavy atom. The first-order valence-electron chi connectivity index (χ1n) is 8.50. The van der Waals surface area contributed by atoms with Gasteiger partial charge in [0.15, 0.2) is 0 Å². The van der Waals surface area contributed by atoms with Gasteiger partial charge in [0.25, 0.3) is 5.91 Å². The molecule has 1 aliphatic rings. The second kappa shape index (κ2) is 6.47. The van der Waals surface area contributed by atoms with Gasteiger partial charge in [-0.25, -0.2) is 0 Å². The monoisotopic (exact) mass is 323 g/mol. The van der Waals surface area contributed by atoms with Crippen LogP contribution < -0.4 is 0 Å². The summed E-state index contributed by atoms with van der Waals surface area (Å²) in [7, 11) is 0. The maximum atomic E-state index is 12.4. The third-order valence-corrected chi connectivity index (χ3v) is 4.90. The van der Waals surface area contributed by atoms with Gasteiger partial charge in [-0.05, 0) is 55.4 Å². The van der Waals surface area contributed by atoms with E-state index in [0.29, 0.717) is 11.6 Å². The Labute approximate surface area is 140 Å². The molecule has 2 N–H and O–H groups in total. The highest BCUT2D eigenvalue weighted by Crippen LogP contribution is 2.24. The molecular formula is C18H21N5O. The van der Waals surface area contributed by atoms with Crippen LogP contribution in [0.1, 0.15) is 35.3 Å². The fourth-order valence-corrected chi connectivity index (χ4v) is 3.57. The number of nitrogens with one attached hydrogen (secondary N) is 2. The molecular weight excluding hydrogens is 302 g/mol. The molecule has 124 valence electrons. The first-order valence-corrected chi connectivity index (χ1v) is 8.50. The molecule has 1 atom stereocenters.